The van der Waals surface area contributed by atoms with Gasteiger partial charge >= 0.3 is 0 Å². The molecule has 0 radical (unpaired) electrons. The summed E-state index contributed by atoms with van der Waals surface area (Å²) in [6, 6.07) is 23.1. The SMILES string of the molecule is Cc1ccc2c(c1)Cc1cc3c(cc1N2C)Cc1c-3cc2c(c1C)N(C)c1ccccc1C2. The molecule has 0 bridgehead atoms. The molecule has 7 rings (SSSR count). The third-order valence-electron chi connectivity index (χ3n) is 8.13. The number of nitrogens with zero attached hydrogens (tertiary/aromatic N) is 2. The molecule has 2 aliphatic heterocycles. The molecular weight excluding hydrogens is 400 g/mol. The lowest BCUT2D eigenvalue weighted by Gasteiger charge is -2.33. The molecule has 0 saturated carbocycles. The quantitative estimate of drug-likeness (QED) is 0.257. The molecule has 0 fully saturated rings. The highest BCUT2D eigenvalue weighted by molar-refractivity contribution is 5.89. The first-order valence-corrected chi connectivity index (χ1v) is 12.0. The molecule has 4 aromatic rings. The Kier molecular flexibility index (Phi) is 3.75. The van der Waals surface area contributed by atoms with E-state index >= 15 is 0 Å². The number of aryl methyl sites for hydroxylation is 1. The van der Waals surface area contributed by atoms with Crippen molar-refractivity contribution in [2.75, 3.05) is 23.9 Å². The van der Waals surface area contributed by atoms with Gasteiger partial charge in [0.25, 0.3) is 0 Å². The molecule has 33 heavy (non-hydrogen) atoms. The molecule has 0 atom stereocenters. The summed E-state index contributed by atoms with van der Waals surface area (Å²) in [5, 5.41) is 0. The number of hydrogen-bond acceptors (Lipinski definition) is 2. The Morgan fingerprint density at radius 3 is 2.18 bits per heavy atom. The van der Waals surface area contributed by atoms with Gasteiger partial charge in [-0.1, -0.05) is 35.9 Å². The second kappa shape index (κ2) is 6.51. The van der Waals surface area contributed by atoms with Gasteiger partial charge in [-0.2, -0.15) is 0 Å². The molecule has 0 spiro atoms. The molecule has 0 amide bonds. The van der Waals surface area contributed by atoms with Crippen molar-refractivity contribution >= 4 is 22.7 Å². The van der Waals surface area contributed by atoms with Gasteiger partial charge in [0.15, 0.2) is 0 Å². The topological polar surface area (TPSA) is 6.48 Å². The standard InChI is InChI=1S/C31H28N2/c1-18-9-10-29-22(11-18)13-23-15-26-21(17-30(23)32(29)3)14-25-19(2)31-24(16-27(25)26)12-20-7-5-6-8-28(20)33(31)4/h5-11,15-17H,12-14H2,1-4H3. The Labute approximate surface area is 196 Å². The summed E-state index contributed by atoms with van der Waals surface area (Å²) in [6.45, 7) is 4.52. The molecule has 0 unspecified atom stereocenters. The Balaban J connectivity index is 1.38. The van der Waals surface area contributed by atoms with Gasteiger partial charge in [-0.05, 0) is 101 Å². The van der Waals surface area contributed by atoms with Gasteiger partial charge in [0.1, 0.15) is 0 Å². The summed E-state index contributed by atoms with van der Waals surface area (Å²) in [4.78, 5) is 4.80. The van der Waals surface area contributed by atoms with Crippen LogP contribution in [0.1, 0.15) is 44.5 Å². The highest BCUT2D eigenvalue weighted by Gasteiger charge is 2.30. The first-order chi connectivity index (χ1) is 16.0. The Bertz CT molecular complexity index is 1490. The minimum Gasteiger partial charge on any atom is -0.344 e. The van der Waals surface area contributed by atoms with E-state index in [1.54, 1.807) is 0 Å². The number of rotatable bonds is 0. The maximum absolute atomic E-state index is 2.49. The lowest BCUT2D eigenvalue weighted by atomic mass is 9.88. The summed E-state index contributed by atoms with van der Waals surface area (Å²) >= 11 is 0. The van der Waals surface area contributed by atoms with Crippen LogP contribution in [0.25, 0.3) is 11.1 Å². The average Bonchev–Trinajstić information content (AvgIpc) is 3.16. The number of hydrogen-bond donors (Lipinski definition) is 0. The summed E-state index contributed by atoms with van der Waals surface area (Å²) in [6.07, 6.45) is 3.06. The van der Waals surface area contributed by atoms with Gasteiger partial charge < -0.3 is 9.80 Å². The number of para-hydroxylation sites is 1. The maximum Gasteiger partial charge on any atom is 0.0477 e. The second-order valence-electron chi connectivity index (χ2n) is 10.1. The molecule has 0 saturated heterocycles. The zero-order valence-corrected chi connectivity index (χ0v) is 19.8. The van der Waals surface area contributed by atoms with Crippen molar-refractivity contribution in [1.29, 1.82) is 0 Å². The van der Waals surface area contributed by atoms with E-state index in [0.29, 0.717) is 0 Å². The highest BCUT2D eigenvalue weighted by Crippen LogP contribution is 2.50. The van der Waals surface area contributed by atoms with Crippen molar-refractivity contribution in [2.45, 2.75) is 33.1 Å². The molecule has 3 aliphatic rings. The van der Waals surface area contributed by atoms with Crippen molar-refractivity contribution in [1.82, 2.24) is 0 Å². The summed E-state index contributed by atoms with van der Waals surface area (Å²) in [7, 11) is 4.45. The van der Waals surface area contributed by atoms with Gasteiger partial charge in [0.2, 0.25) is 0 Å². The molecule has 2 nitrogen and oxygen atoms in total. The third kappa shape index (κ3) is 2.55. The first kappa shape index (κ1) is 19.0. The number of benzene rings is 4. The molecule has 0 N–H and O–H groups in total. The fourth-order valence-corrected chi connectivity index (χ4v) is 6.53. The first-order valence-electron chi connectivity index (χ1n) is 12.0. The van der Waals surface area contributed by atoms with Crippen LogP contribution in [0.4, 0.5) is 22.7 Å². The Morgan fingerprint density at radius 2 is 1.30 bits per heavy atom. The van der Waals surface area contributed by atoms with Crippen LogP contribution in [-0.4, -0.2) is 14.1 Å². The number of fused-ring (bicyclic) bond motifs is 7. The normalized spacial score (nSPS) is 14.8. The lowest BCUT2D eigenvalue weighted by Crippen LogP contribution is -2.20. The fourth-order valence-electron chi connectivity index (χ4n) is 6.53. The van der Waals surface area contributed by atoms with Crippen molar-refractivity contribution in [3.8, 4) is 11.1 Å². The van der Waals surface area contributed by atoms with Crippen LogP contribution in [-0.2, 0) is 19.3 Å². The van der Waals surface area contributed by atoms with Crippen LogP contribution in [0, 0.1) is 13.8 Å². The molecule has 2 heteroatoms. The lowest BCUT2D eigenvalue weighted by molar-refractivity contribution is 1.03. The van der Waals surface area contributed by atoms with Crippen LogP contribution in [0.3, 0.4) is 0 Å². The average molecular weight is 429 g/mol. The van der Waals surface area contributed by atoms with Crippen molar-refractivity contribution in [3.05, 3.63) is 105 Å². The maximum atomic E-state index is 2.49. The van der Waals surface area contributed by atoms with Crippen LogP contribution in [0.15, 0.2) is 60.7 Å². The van der Waals surface area contributed by atoms with Crippen molar-refractivity contribution in [3.63, 3.8) is 0 Å². The van der Waals surface area contributed by atoms with E-state index in [1.165, 1.54) is 78.4 Å². The van der Waals surface area contributed by atoms with E-state index in [1.807, 2.05) is 0 Å². The smallest absolute Gasteiger partial charge is 0.0477 e. The van der Waals surface area contributed by atoms with E-state index in [2.05, 4.69) is 98.4 Å². The predicted molar refractivity (Wildman–Crippen MR) is 139 cm³/mol. The Hall–Kier alpha value is -3.52. The van der Waals surface area contributed by atoms with Gasteiger partial charge in [-0.3, -0.25) is 0 Å². The molecule has 2 heterocycles. The van der Waals surface area contributed by atoms with Crippen LogP contribution < -0.4 is 9.80 Å². The zero-order valence-electron chi connectivity index (χ0n) is 19.8. The summed E-state index contributed by atoms with van der Waals surface area (Å²) in [5.74, 6) is 0. The van der Waals surface area contributed by atoms with Gasteiger partial charge in [-0.15, -0.1) is 0 Å². The van der Waals surface area contributed by atoms with Crippen LogP contribution >= 0.6 is 0 Å². The second-order valence-corrected chi connectivity index (χ2v) is 10.1. The van der Waals surface area contributed by atoms with Gasteiger partial charge in [0, 0.05) is 49.7 Å². The van der Waals surface area contributed by atoms with E-state index in [-0.39, 0.29) is 0 Å². The minimum atomic E-state index is 1.01. The van der Waals surface area contributed by atoms with E-state index in [4.69, 9.17) is 0 Å². The zero-order chi connectivity index (χ0) is 22.4. The van der Waals surface area contributed by atoms with E-state index < -0.39 is 0 Å². The molecule has 162 valence electrons. The predicted octanol–water partition coefficient (Wildman–Crippen LogP) is 7.22. The summed E-state index contributed by atoms with van der Waals surface area (Å²) in [5.41, 5.74) is 19.9. The third-order valence-corrected chi connectivity index (χ3v) is 8.13. The highest BCUT2D eigenvalue weighted by atomic mass is 15.1. The fraction of sp³-hybridized carbons (Fsp3) is 0.226. The molecule has 0 aromatic heterocycles. The van der Waals surface area contributed by atoms with Gasteiger partial charge in [0.05, 0.1) is 0 Å². The molecular formula is C31H28N2. The summed E-state index contributed by atoms with van der Waals surface area (Å²) < 4.78 is 0. The monoisotopic (exact) mass is 428 g/mol. The largest absolute Gasteiger partial charge is 0.344 e. The Morgan fingerprint density at radius 1 is 0.576 bits per heavy atom. The van der Waals surface area contributed by atoms with Crippen molar-refractivity contribution < 1.29 is 0 Å². The van der Waals surface area contributed by atoms with E-state index in [9.17, 15) is 0 Å². The van der Waals surface area contributed by atoms with Crippen LogP contribution in [0.5, 0.6) is 0 Å². The van der Waals surface area contributed by atoms with E-state index in [0.717, 1.165) is 19.3 Å². The molecule has 4 aromatic carbocycles. The van der Waals surface area contributed by atoms with Gasteiger partial charge in [-0.25, -0.2) is 0 Å². The van der Waals surface area contributed by atoms with Crippen LogP contribution in [0.2, 0.25) is 0 Å². The number of anilines is 4. The van der Waals surface area contributed by atoms with Crippen molar-refractivity contribution in [2.24, 2.45) is 0 Å². The minimum absolute atomic E-state index is 1.01. The molecule has 1 aliphatic carbocycles.